The Morgan fingerprint density at radius 3 is 2.86 bits per heavy atom. The van der Waals surface area contributed by atoms with Gasteiger partial charge < -0.3 is 11.1 Å². The summed E-state index contributed by atoms with van der Waals surface area (Å²) < 4.78 is 1.30. The highest BCUT2D eigenvalue weighted by molar-refractivity contribution is 5.79. The number of nitrogens with zero attached hydrogens (tertiary/aromatic N) is 2. The summed E-state index contributed by atoms with van der Waals surface area (Å²) in [5, 5.41) is 7.01. The van der Waals surface area contributed by atoms with Crippen LogP contribution in [0.25, 0.3) is 0 Å². The van der Waals surface area contributed by atoms with Crippen LogP contribution >= 0.6 is 0 Å². The molecule has 0 saturated heterocycles. The van der Waals surface area contributed by atoms with Crippen molar-refractivity contribution in [2.75, 3.05) is 12.8 Å². The van der Waals surface area contributed by atoms with E-state index in [0.717, 1.165) is 0 Å². The maximum atomic E-state index is 11.6. The van der Waals surface area contributed by atoms with Crippen LogP contribution in [0.4, 0.5) is 5.69 Å². The average Bonchev–Trinajstić information content (AvgIpc) is 2.47. The molecule has 0 aromatic carbocycles. The van der Waals surface area contributed by atoms with Crippen LogP contribution in [0.3, 0.4) is 0 Å². The Hall–Kier alpha value is -1.36. The molecule has 0 amide bonds. The summed E-state index contributed by atoms with van der Waals surface area (Å²) in [7, 11) is 1.82. The second-order valence-electron chi connectivity index (χ2n) is 3.40. The summed E-state index contributed by atoms with van der Waals surface area (Å²) in [6.45, 7) is 3.72. The Morgan fingerprint density at radius 1 is 1.79 bits per heavy atom. The smallest absolute Gasteiger partial charge is 0.248 e. The van der Waals surface area contributed by atoms with Gasteiger partial charge >= 0.3 is 0 Å². The van der Waals surface area contributed by atoms with Crippen molar-refractivity contribution in [2.45, 2.75) is 26.3 Å². The lowest BCUT2D eigenvalue weighted by atomic mass is 10.2. The molecule has 78 valence electrons. The minimum atomic E-state index is -0.0494. The lowest BCUT2D eigenvalue weighted by Gasteiger charge is -2.07. The first-order valence-electron chi connectivity index (χ1n) is 4.56. The van der Waals surface area contributed by atoms with Gasteiger partial charge in [0.1, 0.15) is 0 Å². The summed E-state index contributed by atoms with van der Waals surface area (Å²) >= 11 is 0. The molecule has 0 spiro atoms. The fourth-order valence-electron chi connectivity index (χ4n) is 1.06. The lowest BCUT2D eigenvalue weighted by molar-refractivity contribution is 0.0875. The van der Waals surface area contributed by atoms with E-state index in [-0.39, 0.29) is 11.9 Å². The number of rotatable bonds is 3. The molecule has 14 heavy (non-hydrogen) atoms. The topological polar surface area (TPSA) is 72.9 Å². The third-order valence-corrected chi connectivity index (χ3v) is 2.17. The quantitative estimate of drug-likeness (QED) is 0.734. The molecule has 1 rings (SSSR count). The number of nitrogens with two attached hydrogens (primary N) is 1. The zero-order chi connectivity index (χ0) is 10.7. The highest BCUT2D eigenvalue weighted by Crippen LogP contribution is 2.07. The standard InChI is InChI=1S/C9H16N4O/c1-6(11-3)4-9(14)13-5-8(10)7(2)12-13/h5-6,11H,4,10H2,1-3H3. The van der Waals surface area contributed by atoms with Gasteiger partial charge in [-0.3, -0.25) is 4.79 Å². The molecule has 5 nitrogen and oxygen atoms in total. The van der Waals surface area contributed by atoms with Gasteiger partial charge in [-0.25, -0.2) is 4.68 Å². The van der Waals surface area contributed by atoms with Gasteiger partial charge in [-0.2, -0.15) is 5.10 Å². The number of carbonyl (C=O) groups is 1. The zero-order valence-electron chi connectivity index (χ0n) is 8.74. The number of anilines is 1. The summed E-state index contributed by atoms with van der Waals surface area (Å²) in [6.07, 6.45) is 1.97. The van der Waals surface area contributed by atoms with Crippen LogP contribution in [0.5, 0.6) is 0 Å². The maximum absolute atomic E-state index is 11.6. The molecule has 1 aromatic rings. The van der Waals surface area contributed by atoms with Crippen molar-refractivity contribution in [3.8, 4) is 0 Å². The molecular formula is C9H16N4O. The monoisotopic (exact) mass is 196 g/mol. The third kappa shape index (κ3) is 2.32. The van der Waals surface area contributed by atoms with Gasteiger partial charge in [0.05, 0.1) is 17.6 Å². The Kier molecular flexibility index (Phi) is 3.24. The molecule has 1 unspecified atom stereocenters. The Bertz CT molecular complexity index is 312. The number of nitrogen functional groups attached to an aromatic ring is 1. The predicted octanol–water partition coefficient (Wildman–Crippen LogP) is 0.412. The molecule has 5 heteroatoms. The molecule has 0 aliphatic carbocycles. The van der Waals surface area contributed by atoms with E-state index in [1.54, 1.807) is 13.1 Å². The number of aromatic nitrogens is 2. The second kappa shape index (κ2) is 4.23. The first-order valence-corrected chi connectivity index (χ1v) is 4.56. The van der Waals surface area contributed by atoms with Gasteiger partial charge in [-0.1, -0.05) is 0 Å². The molecule has 0 radical (unpaired) electrons. The first-order chi connectivity index (χ1) is 6.54. The number of nitrogens with one attached hydrogen (secondary N) is 1. The largest absolute Gasteiger partial charge is 0.396 e. The van der Waals surface area contributed by atoms with E-state index in [9.17, 15) is 4.79 Å². The second-order valence-corrected chi connectivity index (χ2v) is 3.40. The van der Waals surface area contributed by atoms with Crippen LogP contribution < -0.4 is 11.1 Å². The molecule has 0 aliphatic rings. The summed E-state index contributed by atoms with van der Waals surface area (Å²) in [5.74, 6) is -0.0494. The summed E-state index contributed by atoms with van der Waals surface area (Å²) in [6, 6.07) is 0.147. The van der Waals surface area contributed by atoms with Crippen molar-refractivity contribution in [2.24, 2.45) is 0 Å². The predicted molar refractivity (Wildman–Crippen MR) is 55.1 cm³/mol. The number of aryl methyl sites for hydroxylation is 1. The molecule has 0 fully saturated rings. The van der Waals surface area contributed by atoms with Gasteiger partial charge in [0.15, 0.2) is 0 Å². The molecule has 3 N–H and O–H groups in total. The van der Waals surface area contributed by atoms with Crippen LogP contribution in [-0.2, 0) is 0 Å². The number of hydrogen-bond donors (Lipinski definition) is 2. The van der Waals surface area contributed by atoms with Crippen molar-refractivity contribution in [3.05, 3.63) is 11.9 Å². The van der Waals surface area contributed by atoms with Crippen LogP contribution in [0.15, 0.2) is 6.20 Å². The van der Waals surface area contributed by atoms with Gasteiger partial charge in [-0.15, -0.1) is 0 Å². The van der Waals surface area contributed by atoms with E-state index >= 15 is 0 Å². The molecule has 0 aliphatic heterocycles. The minimum absolute atomic E-state index is 0.0494. The van der Waals surface area contributed by atoms with E-state index < -0.39 is 0 Å². The molecule has 1 heterocycles. The summed E-state index contributed by atoms with van der Waals surface area (Å²) in [5.41, 5.74) is 6.83. The maximum Gasteiger partial charge on any atom is 0.248 e. The van der Waals surface area contributed by atoms with E-state index in [0.29, 0.717) is 17.8 Å². The van der Waals surface area contributed by atoms with Crippen molar-refractivity contribution >= 4 is 11.6 Å². The summed E-state index contributed by atoms with van der Waals surface area (Å²) in [4.78, 5) is 11.6. The molecule has 1 aromatic heterocycles. The van der Waals surface area contributed by atoms with Gasteiger partial charge in [0.25, 0.3) is 0 Å². The van der Waals surface area contributed by atoms with E-state index in [2.05, 4.69) is 10.4 Å². The fraction of sp³-hybridized carbons (Fsp3) is 0.556. The van der Waals surface area contributed by atoms with Crippen molar-refractivity contribution in [3.63, 3.8) is 0 Å². The minimum Gasteiger partial charge on any atom is -0.396 e. The van der Waals surface area contributed by atoms with Crippen LogP contribution in [-0.4, -0.2) is 28.8 Å². The highest BCUT2D eigenvalue weighted by atomic mass is 16.2. The highest BCUT2D eigenvalue weighted by Gasteiger charge is 2.11. The van der Waals surface area contributed by atoms with Crippen molar-refractivity contribution in [1.82, 2.24) is 15.1 Å². The van der Waals surface area contributed by atoms with E-state index in [4.69, 9.17) is 5.73 Å². The third-order valence-electron chi connectivity index (χ3n) is 2.17. The van der Waals surface area contributed by atoms with Crippen molar-refractivity contribution in [1.29, 1.82) is 0 Å². The lowest BCUT2D eigenvalue weighted by Crippen LogP contribution is -2.27. The number of hydrogen-bond acceptors (Lipinski definition) is 4. The zero-order valence-corrected chi connectivity index (χ0v) is 8.74. The normalized spacial score (nSPS) is 12.8. The van der Waals surface area contributed by atoms with E-state index in [1.807, 2.05) is 14.0 Å². The van der Waals surface area contributed by atoms with Gasteiger partial charge in [0, 0.05) is 12.5 Å². The van der Waals surface area contributed by atoms with Crippen LogP contribution in [0, 0.1) is 6.92 Å². The number of carbonyl (C=O) groups excluding carboxylic acids is 1. The van der Waals surface area contributed by atoms with Crippen molar-refractivity contribution < 1.29 is 4.79 Å². The van der Waals surface area contributed by atoms with Gasteiger partial charge in [0.2, 0.25) is 5.91 Å². The average molecular weight is 196 g/mol. The Labute approximate surface area is 83.3 Å². The first kappa shape index (κ1) is 10.7. The molecule has 0 saturated carbocycles. The van der Waals surface area contributed by atoms with Crippen LogP contribution in [0.2, 0.25) is 0 Å². The molecular weight excluding hydrogens is 180 g/mol. The fourth-order valence-corrected chi connectivity index (χ4v) is 1.06. The SMILES string of the molecule is CNC(C)CC(=O)n1cc(N)c(C)n1. The Morgan fingerprint density at radius 2 is 2.43 bits per heavy atom. The molecule has 0 bridgehead atoms. The molecule has 1 atom stereocenters. The van der Waals surface area contributed by atoms with Crippen LogP contribution in [0.1, 0.15) is 23.8 Å². The van der Waals surface area contributed by atoms with Gasteiger partial charge in [-0.05, 0) is 20.9 Å². The Balaban J connectivity index is 2.70. The van der Waals surface area contributed by atoms with E-state index in [1.165, 1.54) is 4.68 Å².